The van der Waals surface area contributed by atoms with Crippen molar-refractivity contribution in [2.24, 2.45) is 0 Å². The van der Waals surface area contributed by atoms with Crippen LogP contribution in [0.4, 0.5) is 4.39 Å². The molecule has 0 saturated carbocycles. The zero-order valence-electron chi connectivity index (χ0n) is 10.7. The minimum atomic E-state index is -0.721. The van der Waals surface area contributed by atoms with Crippen LogP contribution in [0.25, 0.3) is 0 Å². The highest BCUT2D eigenvalue weighted by Gasteiger charge is 2.10. The summed E-state index contributed by atoms with van der Waals surface area (Å²) in [6.07, 6.45) is -0.721. The summed E-state index contributed by atoms with van der Waals surface area (Å²) in [6.45, 7) is 1.69. The van der Waals surface area contributed by atoms with Gasteiger partial charge in [0.15, 0.2) is 11.6 Å². The van der Waals surface area contributed by atoms with Gasteiger partial charge in [-0.25, -0.2) is 4.39 Å². The minimum absolute atomic E-state index is 0.102. The molecule has 2 rings (SSSR count). The Labute approximate surface area is 126 Å². The highest BCUT2D eigenvalue weighted by atomic mass is 35.5. The molecular formula is C15H13Cl2FO2. The van der Waals surface area contributed by atoms with E-state index in [1.807, 2.05) is 0 Å². The number of benzene rings is 2. The molecule has 0 bridgehead atoms. The van der Waals surface area contributed by atoms with Crippen molar-refractivity contribution in [3.8, 4) is 5.75 Å². The first kappa shape index (κ1) is 15.1. The van der Waals surface area contributed by atoms with Gasteiger partial charge in [-0.2, -0.15) is 0 Å². The fourth-order valence-corrected chi connectivity index (χ4v) is 2.08. The lowest BCUT2D eigenvalue weighted by Gasteiger charge is -2.11. The smallest absolute Gasteiger partial charge is 0.165 e. The fraction of sp³-hybridized carbons (Fsp3) is 0.200. The lowest BCUT2D eigenvalue weighted by molar-refractivity contribution is 0.198. The van der Waals surface area contributed by atoms with Crippen molar-refractivity contribution in [3.05, 3.63) is 63.4 Å². The molecule has 0 saturated heterocycles. The highest BCUT2D eigenvalue weighted by Crippen LogP contribution is 2.28. The Morgan fingerprint density at radius 1 is 1.25 bits per heavy atom. The van der Waals surface area contributed by atoms with Gasteiger partial charge in [-0.05, 0) is 30.7 Å². The van der Waals surface area contributed by atoms with Crippen LogP contribution in [0.5, 0.6) is 5.75 Å². The highest BCUT2D eigenvalue weighted by molar-refractivity contribution is 6.42. The molecule has 0 unspecified atom stereocenters. The van der Waals surface area contributed by atoms with E-state index in [4.69, 9.17) is 27.9 Å². The van der Waals surface area contributed by atoms with E-state index in [9.17, 15) is 9.50 Å². The van der Waals surface area contributed by atoms with Crippen LogP contribution in [-0.4, -0.2) is 5.11 Å². The van der Waals surface area contributed by atoms with E-state index in [1.54, 1.807) is 31.2 Å². The Balaban J connectivity index is 2.13. The minimum Gasteiger partial charge on any atom is -0.486 e. The molecule has 20 heavy (non-hydrogen) atoms. The molecule has 0 radical (unpaired) electrons. The molecule has 0 fully saturated rings. The first-order chi connectivity index (χ1) is 9.49. The van der Waals surface area contributed by atoms with Gasteiger partial charge in [0.2, 0.25) is 0 Å². The quantitative estimate of drug-likeness (QED) is 0.881. The summed E-state index contributed by atoms with van der Waals surface area (Å²) in [6, 6.07) is 9.53. The van der Waals surface area contributed by atoms with Crippen molar-refractivity contribution < 1.29 is 14.2 Å². The second-order valence-corrected chi connectivity index (χ2v) is 5.15. The Hall–Kier alpha value is -1.29. The Kier molecular flexibility index (Phi) is 4.86. The molecule has 0 heterocycles. The molecule has 0 spiro atoms. The lowest BCUT2D eigenvalue weighted by atomic mass is 10.1. The van der Waals surface area contributed by atoms with Gasteiger partial charge in [-0.1, -0.05) is 41.4 Å². The first-order valence-corrected chi connectivity index (χ1v) is 6.78. The van der Waals surface area contributed by atoms with E-state index >= 15 is 0 Å². The summed E-state index contributed by atoms with van der Waals surface area (Å²) in [5, 5.41) is 10.2. The average Bonchev–Trinajstić information content (AvgIpc) is 2.41. The van der Waals surface area contributed by atoms with E-state index < -0.39 is 11.9 Å². The molecule has 1 N–H and O–H groups in total. The Morgan fingerprint density at radius 3 is 2.65 bits per heavy atom. The summed E-state index contributed by atoms with van der Waals surface area (Å²) < 4.78 is 19.2. The van der Waals surface area contributed by atoms with Gasteiger partial charge in [0.05, 0.1) is 16.1 Å². The molecule has 2 aromatic rings. The summed E-state index contributed by atoms with van der Waals surface area (Å²) in [4.78, 5) is 0. The van der Waals surface area contributed by atoms with Crippen LogP contribution in [-0.2, 0) is 6.61 Å². The van der Waals surface area contributed by atoms with Gasteiger partial charge >= 0.3 is 0 Å². The lowest BCUT2D eigenvalue weighted by Crippen LogP contribution is -2.00. The Bertz CT molecular complexity index is 615. The van der Waals surface area contributed by atoms with Crippen LogP contribution < -0.4 is 4.74 Å². The van der Waals surface area contributed by atoms with E-state index in [-0.39, 0.29) is 12.4 Å². The number of halogens is 3. The summed E-state index contributed by atoms with van der Waals surface area (Å²) in [5.41, 5.74) is 1.17. The fourth-order valence-electron chi connectivity index (χ4n) is 1.71. The van der Waals surface area contributed by atoms with Crippen molar-refractivity contribution in [1.82, 2.24) is 0 Å². The van der Waals surface area contributed by atoms with Gasteiger partial charge < -0.3 is 9.84 Å². The molecule has 2 nitrogen and oxygen atoms in total. The molecule has 0 amide bonds. The van der Waals surface area contributed by atoms with Crippen molar-refractivity contribution in [2.45, 2.75) is 19.6 Å². The van der Waals surface area contributed by atoms with Gasteiger partial charge in [0.1, 0.15) is 6.61 Å². The van der Waals surface area contributed by atoms with Crippen molar-refractivity contribution in [3.63, 3.8) is 0 Å². The van der Waals surface area contributed by atoms with Gasteiger partial charge in [-0.15, -0.1) is 0 Å². The molecule has 106 valence electrons. The monoisotopic (exact) mass is 314 g/mol. The predicted octanol–water partition coefficient (Wildman–Crippen LogP) is 4.76. The van der Waals surface area contributed by atoms with Crippen molar-refractivity contribution >= 4 is 23.2 Å². The van der Waals surface area contributed by atoms with E-state index in [0.29, 0.717) is 21.2 Å². The van der Waals surface area contributed by atoms with Gasteiger partial charge in [0.25, 0.3) is 0 Å². The maximum absolute atomic E-state index is 13.8. The van der Waals surface area contributed by atoms with Crippen molar-refractivity contribution in [1.29, 1.82) is 0 Å². The molecule has 0 aliphatic rings. The van der Waals surface area contributed by atoms with E-state index in [0.717, 1.165) is 0 Å². The van der Waals surface area contributed by atoms with Crippen molar-refractivity contribution in [2.75, 3.05) is 0 Å². The van der Waals surface area contributed by atoms with E-state index in [1.165, 1.54) is 12.1 Å². The molecule has 2 aromatic carbocycles. The maximum Gasteiger partial charge on any atom is 0.165 e. The zero-order chi connectivity index (χ0) is 14.7. The second kappa shape index (κ2) is 6.44. The normalized spacial score (nSPS) is 12.2. The van der Waals surface area contributed by atoms with E-state index in [2.05, 4.69) is 0 Å². The number of hydrogen-bond acceptors (Lipinski definition) is 2. The molecular weight excluding hydrogens is 302 g/mol. The number of ether oxygens (including phenoxy) is 1. The number of rotatable bonds is 4. The second-order valence-electron chi connectivity index (χ2n) is 4.37. The standard InChI is InChI=1S/C15H13Cl2FO2/c1-9(19)10-5-6-14(13(18)7-10)20-8-11-3-2-4-12(16)15(11)17/h2-7,9,19H,8H2,1H3/t9-/m1/s1. The van der Waals surface area contributed by atoms with Crippen LogP contribution in [0.1, 0.15) is 24.2 Å². The third-order valence-corrected chi connectivity index (χ3v) is 3.71. The number of hydrogen-bond donors (Lipinski definition) is 1. The van der Waals surface area contributed by atoms with Crippen LogP contribution in [0.15, 0.2) is 36.4 Å². The predicted molar refractivity (Wildman–Crippen MR) is 77.8 cm³/mol. The van der Waals surface area contributed by atoms with Gasteiger partial charge in [0, 0.05) is 5.56 Å². The topological polar surface area (TPSA) is 29.5 Å². The third kappa shape index (κ3) is 3.42. The molecule has 0 aliphatic carbocycles. The third-order valence-electron chi connectivity index (χ3n) is 2.85. The molecule has 5 heteroatoms. The first-order valence-electron chi connectivity index (χ1n) is 6.02. The molecule has 0 aromatic heterocycles. The molecule has 1 atom stereocenters. The Morgan fingerprint density at radius 2 is 2.00 bits per heavy atom. The molecule has 0 aliphatic heterocycles. The average molecular weight is 315 g/mol. The van der Waals surface area contributed by atoms with Crippen LogP contribution in [0.3, 0.4) is 0 Å². The summed E-state index contributed by atoms with van der Waals surface area (Å²) in [7, 11) is 0. The van der Waals surface area contributed by atoms with Crippen LogP contribution in [0, 0.1) is 5.82 Å². The zero-order valence-corrected chi connectivity index (χ0v) is 12.2. The van der Waals surface area contributed by atoms with Crippen LogP contribution in [0.2, 0.25) is 10.0 Å². The summed E-state index contributed by atoms with van der Waals surface area (Å²) in [5.74, 6) is -0.424. The maximum atomic E-state index is 13.8. The number of aliphatic hydroxyl groups excluding tert-OH is 1. The van der Waals surface area contributed by atoms with Crippen LogP contribution >= 0.6 is 23.2 Å². The van der Waals surface area contributed by atoms with Gasteiger partial charge in [-0.3, -0.25) is 0 Å². The largest absolute Gasteiger partial charge is 0.486 e. The number of aliphatic hydroxyl groups is 1. The SMILES string of the molecule is C[C@@H](O)c1ccc(OCc2cccc(Cl)c2Cl)c(F)c1. The summed E-state index contributed by atoms with van der Waals surface area (Å²) >= 11 is 11.9.